The zero-order valence-corrected chi connectivity index (χ0v) is 7.27. The first-order valence-corrected chi connectivity index (χ1v) is 4.38. The van der Waals surface area contributed by atoms with Gasteiger partial charge in [-0.3, -0.25) is 0 Å². The van der Waals surface area contributed by atoms with Crippen LogP contribution in [0, 0.1) is 0 Å². The van der Waals surface area contributed by atoms with E-state index in [-0.39, 0.29) is 6.42 Å². The molecule has 0 radical (unpaired) electrons. The van der Waals surface area contributed by atoms with Crippen molar-refractivity contribution >= 4 is 0 Å². The van der Waals surface area contributed by atoms with Gasteiger partial charge in [0.25, 0.3) is 0 Å². The van der Waals surface area contributed by atoms with Gasteiger partial charge in [-0.2, -0.15) is 13.2 Å². The Labute approximate surface area is 75.3 Å². The summed E-state index contributed by atoms with van der Waals surface area (Å²) in [5, 5.41) is 9.65. The Hall–Kier alpha value is -0.510. The predicted octanol–water partition coefficient (Wildman–Crippen LogP) is 2.80. The van der Waals surface area contributed by atoms with Crippen molar-refractivity contribution in [2.75, 3.05) is 0 Å². The molecular formula is C9H13F3O. The summed E-state index contributed by atoms with van der Waals surface area (Å²) in [7, 11) is 0. The molecule has 1 aliphatic rings. The van der Waals surface area contributed by atoms with Gasteiger partial charge in [0.1, 0.15) is 0 Å². The van der Waals surface area contributed by atoms with Crippen molar-refractivity contribution in [2.24, 2.45) is 0 Å². The molecule has 0 fully saturated rings. The summed E-state index contributed by atoms with van der Waals surface area (Å²) in [4.78, 5) is 0. The van der Waals surface area contributed by atoms with Crippen molar-refractivity contribution in [3.8, 4) is 0 Å². The van der Waals surface area contributed by atoms with E-state index in [1.165, 1.54) is 6.08 Å². The monoisotopic (exact) mass is 194 g/mol. The maximum atomic E-state index is 11.8. The minimum absolute atomic E-state index is 0.215. The van der Waals surface area contributed by atoms with Crippen LogP contribution >= 0.6 is 0 Å². The zero-order chi connectivity index (χ0) is 9.95. The molecule has 1 aliphatic carbocycles. The molecule has 0 amide bonds. The zero-order valence-electron chi connectivity index (χ0n) is 7.27. The van der Waals surface area contributed by atoms with Gasteiger partial charge in [-0.25, -0.2) is 0 Å². The lowest BCUT2D eigenvalue weighted by molar-refractivity contribution is -0.144. The maximum absolute atomic E-state index is 11.8. The van der Waals surface area contributed by atoms with Crippen LogP contribution in [0.1, 0.15) is 32.1 Å². The molecule has 0 spiro atoms. The first-order valence-electron chi connectivity index (χ1n) is 4.38. The first-order chi connectivity index (χ1) is 5.91. The Kier molecular flexibility index (Phi) is 3.01. The van der Waals surface area contributed by atoms with E-state index in [0.29, 0.717) is 6.42 Å². The Morgan fingerprint density at radius 2 is 2.08 bits per heavy atom. The fourth-order valence-corrected chi connectivity index (χ4v) is 1.48. The fourth-order valence-electron chi connectivity index (χ4n) is 1.48. The summed E-state index contributed by atoms with van der Waals surface area (Å²) in [6.07, 6.45) is 0.0305. The van der Waals surface area contributed by atoms with E-state index in [2.05, 4.69) is 0 Å². The quantitative estimate of drug-likeness (QED) is 0.670. The van der Waals surface area contributed by atoms with E-state index in [0.717, 1.165) is 12.8 Å². The van der Waals surface area contributed by atoms with E-state index in [9.17, 15) is 18.3 Å². The average Bonchev–Trinajstić information content (AvgIpc) is 2.02. The topological polar surface area (TPSA) is 20.2 Å². The number of aliphatic hydroxyl groups is 1. The van der Waals surface area contributed by atoms with Crippen LogP contribution < -0.4 is 0 Å². The molecule has 0 aliphatic heterocycles. The lowest BCUT2D eigenvalue weighted by atomic mass is 9.87. The highest BCUT2D eigenvalue weighted by Gasteiger charge is 2.33. The summed E-state index contributed by atoms with van der Waals surface area (Å²) in [6, 6.07) is 0. The van der Waals surface area contributed by atoms with Crippen LogP contribution in [0.3, 0.4) is 0 Å². The molecule has 1 N–H and O–H groups in total. The van der Waals surface area contributed by atoms with Crippen molar-refractivity contribution in [1.29, 1.82) is 0 Å². The third kappa shape index (κ3) is 3.81. The van der Waals surface area contributed by atoms with Gasteiger partial charge in [0.05, 0.1) is 5.60 Å². The maximum Gasteiger partial charge on any atom is 0.389 e. The normalized spacial score (nSPS) is 29.2. The summed E-state index contributed by atoms with van der Waals surface area (Å²) in [5.74, 6) is 0. The third-order valence-electron chi connectivity index (χ3n) is 2.25. The van der Waals surface area contributed by atoms with Gasteiger partial charge in [0.2, 0.25) is 0 Å². The number of halogens is 3. The second-order valence-electron chi connectivity index (χ2n) is 3.51. The molecule has 0 saturated heterocycles. The number of hydrogen-bond acceptors (Lipinski definition) is 1. The van der Waals surface area contributed by atoms with E-state index >= 15 is 0 Å². The van der Waals surface area contributed by atoms with Gasteiger partial charge in [-0.15, -0.1) is 0 Å². The lowest BCUT2D eigenvalue weighted by Crippen LogP contribution is -2.29. The first kappa shape index (κ1) is 10.6. The minimum atomic E-state index is -4.17. The molecule has 1 atom stereocenters. The van der Waals surface area contributed by atoms with E-state index in [1.807, 2.05) is 0 Å². The fraction of sp³-hybridized carbons (Fsp3) is 0.778. The Morgan fingerprint density at radius 1 is 1.38 bits per heavy atom. The molecular weight excluding hydrogens is 181 g/mol. The van der Waals surface area contributed by atoms with Crippen molar-refractivity contribution < 1.29 is 18.3 Å². The molecule has 4 heteroatoms. The highest BCUT2D eigenvalue weighted by atomic mass is 19.4. The smallest absolute Gasteiger partial charge is 0.386 e. The predicted molar refractivity (Wildman–Crippen MR) is 43.2 cm³/mol. The Morgan fingerprint density at radius 3 is 2.54 bits per heavy atom. The molecule has 0 saturated carbocycles. The van der Waals surface area contributed by atoms with Gasteiger partial charge in [0, 0.05) is 6.42 Å². The summed E-state index contributed by atoms with van der Waals surface area (Å²) < 4.78 is 35.5. The third-order valence-corrected chi connectivity index (χ3v) is 2.25. The van der Waals surface area contributed by atoms with Crippen LogP contribution in [0.2, 0.25) is 0 Å². The highest BCUT2D eigenvalue weighted by Crippen LogP contribution is 2.31. The van der Waals surface area contributed by atoms with Crippen LogP contribution in [0.5, 0.6) is 0 Å². The summed E-state index contributed by atoms with van der Waals surface area (Å²) in [6.45, 7) is 0. The molecule has 0 aromatic rings. The van der Waals surface area contributed by atoms with Crippen molar-refractivity contribution in [2.45, 2.75) is 43.9 Å². The average molecular weight is 194 g/mol. The van der Waals surface area contributed by atoms with Crippen molar-refractivity contribution in [3.63, 3.8) is 0 Å². The van der Waals surface area contributed by atoms with Gasteiger partial charge in [-0.1, -0.05) is 12.2 Å². The lowest BCUT2D eigenvalue weighted by Gasteiger charge is -2.27. The number of alkyl halides is 3. The molecule has 1 nitrogen and oxygen atoms in total. The Bertz CT molecular complexity index is 198. The van der Waals surface area contributed by atoms with Gasteiger partial charge in [0.15, 0.2) is 0 Å². The molecule has 76 valence electrons. The SMILES string of the molecule is OC1(CCC(F)(F)F)C=CCCC1. The van der Waals surface area contributed by atoms with E-state index in [4.69, 9.17) is 0 Å². The molecule has 0 bridgehead atoms. The molecule has 0 heterocycles. The van der Waals surface area contributed by atoms with Crippen LogP contribution in [-0.2, 0) is 0 Å². The van der Waals surface area contributed by atoms with Gasteiger partial charge >= 0.3 is 6.18 Å². The minimum Gasteiger partial charge on any atom is -0.386 e. The molecule has 0 aromatic carbocycles. The number of hydrogen-bond donors (Lipinski definition) is 1. The number of allylic oxidation sites excluding steroid dienone is 1. The number of rotatable bonds is 2. The second kappa shape index (κ2) is 3.70. The van der Waals surface area contributed by atoms with Crippen LogP contribution in [0.25, 0.3) is 0 Å². The summed E-state index contributed by atoms with van der Waals surface area (Å²) >= 11 is 0. The van der Waals surface area contributed by atoms with Crippen LogP contribution in [0.4, 0.5) is 13.2 Å². The van der Waals surface area contributed by atoms with Crippen molar-refractivity contribution in [3.05, 3.63) is 12.2 Å². The molecule has 0 aromatic heterocycles. The summed E-state index contributed by atoms with van der Waals surface area (Å²) in [5.41, 5.74) is -1.21. The molecule has 13 heavy (non-hydrogen) atoms. The van der Waals surface area contributed by atoms with E-state index in [1.54, 1.807) is 6.08 Å². The van der Waals surface area contributed by atoms with Gasteiger partial charge in [-0.05, 0) is 25.7 Å². The standard InChI is InChI=1S/C9H13F3O/c10-9(11,12)7-6-8(13)4-2-1-3-5-8/h2,4,13H,1,3,5-7H2. The van der Waals surface area contributed by atoms with E-state index < -0.39 is 18.2 Å². The Balaban J connectivity index is 2.43. The van der Waals surface area contributed by atoms with Crippen LogP contribution in [-0.4, -0.2) is 16.9 Å². The van der Waals surface area contributed by atoms with Gasteiger partial charge < -0.3 is 5.11 Å². The van der Waals surface area contributed by atoms with Crippen molar-refractivity contribution in [1.82, 2.24) is 0 Å². The molecule has 1 unspecified atom stereocenters. The van der Waals surface area contributed by atoms with Crippen LogP contribution in [0.15, 0.2) is 12.2 Å². The second-order valence-corrected chi connectivity index (χ2v) is 3.51. The largest absolute Gasteiger partial charge is 0.389 e. The molecule has 1 rings (SSSR count). The highest BCUT2D eigenvalue weighted by molar-refractivity contribution is 5.04.